The zero-order chi connectivity index (χ0) is 25.3. The van der Waals surface area contributed by atoms with Gasteiger partial charge in [0.05, 0.1) is 6.10 Å². The largest absolute Gasteiger partial charge is 0.459 e. The van der Waals surface area contributed by atoms with Gasteiger partial charge in [-0.3, -0.25) is 19.2 Å². The van der Waals surface area contributed by atoms with Gasteiger partial charge < -0.3 is 19.7 Å². The highest BCUT2D eigenvalue weighted by atomic mass is 19.1. The molecule has 0 aliphatic heterocycles. The maximum absolute atomic E-state index is 17.5. The lowest BCUT2D eigenvalue weighted by Crippen LogP contribution is -2.70. The van der Waals surface area contributed by atoms with Crippen molar-refractivity contribution in [1.29, 1.82) is 0 Å². The molecule has 0 aromatic rings. The number of alkyl halides is 1. The Balaban J connectivity index is 1.83. The molecule has 3 fully saturated rings. The Morgan fingerprint density at radius 2 is 1.85 bits per heavy atom. The molecule has 4 aliphatic carbocycles. The van der Waals surface area contributed by atoms with Crippen molar-refractivity contribution in [1.82, 2.24) is 0 Å². The van der Waals surface area contributed by atoms with E-state index in [1.165, 1.54) is 18.2 Å². The Kier molecular flexibility index (Phi) is 5.68. The van der Waals surface area contributed by atoms with Gasteiger partial charge in [0, 0.05) is 30.6 Å². The van der Waals surface area contributed by atoms with E-state index in [4.69, 9.17) is 9.47 Å². The first-order chi connectivity index (χ1) is 15.7. The van der Waals surface area contributed by atoms with E-state index in [9.17, 15) is 29.4 Å². The molecule has 4 rings (SSSR count). The van der Waals surface area contributed by atoms with Crippen molar-refractivity contribution in [3.05, 3.63) is 23.8 Å². The van der Waals surface area contributed by atoms with E-state index < -0.39 is 70.5 Å². The van der Waals surface area contributed by atoms with Crippen LogP contribution >= 0.6 is 0 Å². The second-order valence-electron chi connectivity index (χ2n) is 10.6. The Bertz CT molecular complexity index is 1020. The second kappa shape index (κ2) is 7.81. The molecule has 34 heavy (non-hydrogen) atoms. The fraction of sp³-hybridized carbons (Fsp3) is 0.680. The summed E-state index contributed by atoms with van der Waals surface area (Å²) in [6.45, 7) is 4.83. The zero-order valence-electron chi connectivity index (χ0n) is 19.8. The minimum absolute atomic E-state index is 0.0420. The molecule has 0 amide bonds. The number of Topliss-reactive ketones (excluding diaryl/α,β-unsaturated/α-hetero) is 1. The van der Waals surface area contributed by atoms with Crippen LogP contribution in [0.25, 0.3) is 0 Å². The molecule has 8 nitrogen and oxygen atoms in total. The maximum atomic E-state index is 17.5. The summed E-state index contributed by atoms with van der Waals surface area (Å²) in [7, 11) is 0. The summed E-state index contributed by atoms with van der Waals surface area (Å²) >= 11 is 0. The molecule has 0 saturated heterocycles. The van der Waals surface area contributed by atoms with Crippen LogP contribution in [0.3, 0.4) is 0 Å². The predicted octanol–water partition coefficient (Wildman–Crippen LogP) is 1.76. The number of aliphatic hydroxyl groups is 2. The summed E-state index contributed by atoms with van der Waals surface area (Å²) in [6, 6.07) is 0. The van der Waals surface area contributed by atoms with Crippen molar-refractivity contribution in [2.24, 2.45) is 22.7 Å². The molecule has 8 atom stereocenters. The number of ether oxygens (including phenoxy) is 2. The first-order valence-corrected chi connectivity index (χ1v) is 11.6. The van der Waals surface area contributed by atoms with Gasteiger partial charge in [0.1, 0.15) is 6.10 Å². The number of carbonyl (C=O) groups excluding carboxylic acids is 4. The van der Waals surface area contributed by atoms with Crippen molar-refractivity contribution in [3.63, 3.8) is 0 Å². The standard InChI is InChI=1S/C25H31FO8/c1-13(27)33-12-20(31)25(32)19(30)10-18-17-6-5-15-9-16(29)7-8-22(15,3)24(17,26)21(34-14(2)28)11-23(18,25)4/h7-9,17-19,21,30,32H,5-6,10-12H2,1-4H3/t17?,18?,19-,21?,22?,23?,24+,25+/m1/s1. The molecule has 186 valence electrons. The highest BCUT2D eigenvalue weighted by molar-refractivity contribution is 6.01. The maximum Gasteiger partial charge on any atom is 0.303 e. The van der Waals surface area contributed by atoms with E-state index in [2.05, 4.69) is 0 Å². The molecule has 0 radical (unpaired) electrons. The zero-order valence-corrected chi connectivity index (χ0v) is 19.8. The lowest BCUT2D eigenvalue weighted by molar-refractivity contribution is -0.231. The van der Waals surface area contributed by atoms with E-state index in [1.807, 2.05) is 0 Å². The van der Waals surface area contributed by atoms with Crippen molar-refractivity contribution < 1.29 is 43.3 Å². The van der Waals surface area contributed by atoms with Gasteiger partial charge in [-0.05, 0) is 50.7 Å². The van der Waals surface area contributed by atoms with Crippen molar-refractivity contribution >= 4 is 23.5 Å². The number of allylic oxidation sites excluding steroid dienone is 4. The van der Waals surface area contributed by atoms with E-state index >= 15 is 4.39 Å². The van der Waals surface area contributed by atoms with Crippen LogP contribution < -0.4 is 0 Å². The summed E-state index contributed by atoms with van der Waals surface area (Å²) in [4.78, 5) is 48.4. The van der Waals surface area contributed by atoms with E-state index in [0.29, 0.717) is 12.0 Å². The van der Waals surface area contributed by atoms with Gasteiger partial charge >= 0.3 is 11.9 Å². The monoisotopic (exact) mass is 478 g/mol. The molecule has 0 bridgehead atoms. The van der Waals surface area contributed by atoms with Gasteiger partial charge in [-0.1, -0.05) is 18.6 Å². The van der Waals surface area contributed by atoms with Crippen LogP contribution in [-0.4, -0.2) is 63.8 Å². The third-order valence-electron chi connectivity index (χ3n) is 8.98. The number of rotatable bonds is 4. The van der Waals surface area contributed by atoms with Crippen LogP contribution in [0.15, 0.2) is 23.8 Å². The molecular formula is C25H31FO8. The van der Waals surface area contributed by atoms with Crippen LogP contribution in [0.4, 0.5) is 4.39 Å². The number of aliphatic hydroxyl groups excluding tert-OH is 1. The third-order valence-corrected chi connectivity index (χ3v) is 8.98. The molecule has 0 aromatic carbocycles. The minimum atomic E-state index is -2.32. The van der Waals surface area contributed by atoms with E-state index in [0.717, 1.165) is 13.8 Å². The first kappa shape index (κ1) is 24.7. The Morgan fingerprint density at radius 1 is 1.18 bits per heavy atom. The second-order valence-corrected chi connectivity index (χ2v) is 10.6. The normalized spacial score (nSPS) is 44.9. The van der Waals surface area contributed by atoms with Crippen molar-refractivity contribution in [3.8, 4) is 0 Å². The number of hydrogen-bond donors (Lipinski definition) is 2. The highest BCUT2D eigenvalue weighted by Crippen LogP contribution is 2.70. The number of hydrogen-bond acceptors (Lipinski definition) is 8. The molecule has 9 heteroatoms. The van der Waals surface area contributed by atoms with Crippen LogP contribution in [-0.2, 0) is 28.7 Å². The average Bonchev–Trinajstić information content (AvgIpc) is 2.94. The summed E-state index contributed by atoms with van der Waals surface area (Å²) < 4.78 is 27.9. The van der Waals surface area contributed by atoms with Crippen LogP contribution in [0.1, 0.15) is 53.4 Å². The number of carbonyl (C=O) groups is 4. The Hall–Kier alpha value is -2.39. The predicted molar refractivity (Wildman–Crippen MR) is 116 cm³/mol. The summed E-state index contributed by atoms with van der Waals surface area (Å²) in [5, 5.41) is 22.6. The fourth-order valence-corrected chi connectivity index (χ4v) is 7.30. The molecule has 0 spiro atoms. The van der Waals surface area contributed by atoms with Gasteiger partial charge in [-0.2, -0.15) is 0 Å². The molecule has 0 aromatic heterocycles. The van der Waals surface area contributed by atoms with Gasteiger partial charge in [0.15, 0.2) is 23.7 Å². The van der Waals surface area contributed by atoms with E-state index in [1.54, 1.807) is 13.8 Å². The number of halogens is 1. The average molecular weight is 479 g/mol. The quantitative estimate of drug-likeness (QED) is 0.586. The summed E-state index contributed by atoms with van der Waals surface area (Å²) in [6.07, 6.45) is 1.84. The minimum Gasteiger partial charge on any atom is -0.459 e. The highest BCUT2D eigenvalue weighted by Gasteiger charge is 2.77. The summed E-state index contributed by atoms with van der Waals surface area (Å²) in [5.74, 6) is -3.95. The first-order valence-electron chi connectivity index (χ1n) is 11.6. The smallest absolute Gasteiger partial charge is 0.303 e. The topological polar surface area (TPSA) is 127 Å². The molecule has 2 N–H and O–H groups in total. The lowest BCUT2D eigenvalue weighted by atomic mass is 9.44. The molecule has 4 aliphatic rings. The summed E-state index contributed by atoms with van der Waals surface area (Å²) in [5.41, 5.74) is -6.43. The SMILES string of the molecule is CC(=O)OCC(=O)[C@@]1(O)[C@H](O)CC2C3CCC4=CC(=O)C=CC4(C)[C@@]3(F)C(OC(C)=O)CC21C. The molecule has 0 heterocycles. The van der Waals surface area contributed by atoms with Gasteiger partial charge in [-0.15, -0.1) is 0 Å². The molecule has 5 unspecified atom stereocenters. The van der Waals surface area contributed by atoms with Crippen molar-refractivity contribution in [2.45, 2.75) is 76.9 Å². The number of esters is 2. The van der Waals surface area contributed by atoms with Gasteiger partial charge in [0.2, 0.25) is 5.78 Å². The van der Waals surface area contributed by atoms with Crippen LogP contribution in [0.5, 0.6) is 0 Å². The van der Waals surface area contributed by atoms with Gasteiger partial charge in [0.25, 0.3) is 0 Å². The van der Waals surface area contributed by atoms with Gasteiger partial charge in [-0.25, -0.2) is 4.39 Å². The van der Waals surface area contributed by atoms with Crippen LogP contribution in [0.2, 0.25) is 0 Å². The molecule has 3 saturated carbocycles. The number of ketones is 2. The lowest BCUT2D eigenvalue weighted by Gasteiger charge is -2.62. The Morgan fingerprint density at radius 3 is 2.47 bits per heavy atom. The van der Waals surface area contributed by atoms with Crippen molar-refractivity contribution in [2.75, 3.05) is 6.61 Å². The fourth-order valence-electron chi connectivity index (χ4n) is 7.30. The number of fused-ring (bicyclic) bond motifs is 5. The van der Waals surface area contributed by atoms with Crippen LogP contribution in [0, 0.1) is 22.7 Å². The third kappa shape index (κ3) is 3.09. The molecular weight excluding hydrogens is 447 g/mol. The van der Waals surface area contributed by atoms with E-state index in [-0.39, 0.29) is 25.0 Å². The Labute approximate surface area is 197 Å².